The Kier molecular flexibility index (Phi) is 5.23. The molecule has 1 N–H and O–H groups in total. The minimum absolute atomic E-state index is 0.0481. The number of non-ortho nitro benzene ring substituents is 1. The van der Waals surface area contributed by atoms with Crippen molar-refractivity contribution in [2.75, 3.05) is 5.32 Å². The predicted molar refractivity (Wildman–Crippen MR) is 114 cm³/mol. The number of carbonyl (C=O) groups excluding carboxylic acids is 1. The van der Waals surface area contributed by atoms with Gasteiger partial charge in [0, 0.05) is 23.9 Å². The number of aromatic nitrogens is 3. The SMILES string of the molecule is Cc1cc2nn(-c3ccc(F)cc3)nc2cc1NC(=O)/C=C/c1cccc([N+](=O)[O-])c1. The van der Waals surface area contributed by atoms with Crippen molar-refractivity contribution in [3.8, 4) is 5.69 Å². The third-order valence-corrected chi connectivity index (χ3v) is 4.55. The van der Waals surface area contributed by atoms with E-state index in [4.69, 9.17) is 0 Å². The van der Waals surface area contributed by atoms with E-state index in [0.29, 0.717) is 28.0 Å². The molecule has 0 bridgehead atoms. The number of hydrogen-bond donors (Lipinski definition) is 1. The van der Waals surface area contributed by atoms with Gasteiger partial charge in [-0.2, -0.15) is 4.80 Å². The molecule has 9 heteroatoms. The Morgan fingerprint density at radius 2 is 1.81 bits per heavy atom. The Labute approximate surface area is 175 Å². The van der Waals surface area contributed by atoms with Crippen LogP contribution >= 0.6 is 0 Å². The smallest absolute Gasteiger partial charge is 0.270 e. The lowest BCUT2D eigenvalue weighted by atomic mass is 10.1. The molecular weight excluding hydrogens is 401 g/mol. The van der Waals surface area contributed by atoms with Crippen molar-refractivity contribution in [1.29, 1.82) is 0 Å². The monoisotopic (exact) mass is 417 g/mol. The Balaban J connectivity index is 1.54. The highest BCUT2D eigenvalue weighted by atomic mass is 19.1. The number of benzene rings is 3. The molecule has 4 aromatic rings. The van der Waals surface area contributed by atoms with Gasteiger partial charge in [-0.25, -0.2) is 4.39 Å². The molecule has 3 aromatic carbocycles. The third kappa shape index (κ3) is 4.45. The van der Waals surface area contributed by atoms with Crippen LogP contribution in [-0.2, 0) is 4.79 Å². The van der Waals surface area contributed by atoms with E-state index in [0.717, 1.165) is 5.56 Å². The Hall–Kier alpha value is -4.40. The number of aryl methyl sites for hydroxylation is 1. The van der Waals surface area contributed by atoms with E-state index in [-0.39, 0.29) is 17.4 Å². The number of anilines is 1. The van der Waals surface area contributed by atoms with Gasteiger partial charge in [0.2, 0.25) is 5.91 Å². The van der Waals surface area contributed by atoms with Gasteiger partial charge in [-0.3, -0.25) is 14.9 Å². The number of amides is 1. The van der Waals surface area contributed by atoms with Crippen molar-refractivity contribution in [2.45, 2.75) is 6.92 Å². The number of rotatable bonds is 5. The van der Waals surface area contributed by atoms with Crippen LogP contribution in [0.2, 0.25) is 0 Å². The number of nitrogens with one attached hydrogen (secondary N) is 1. The normalized spacial score (nSPS) is 11.2. The fraction of sp³-hybridized carbons (Fsp3) is 0.0455. The van der Waals surface area contributed by atoms with Crippen molar-refractivity contribution in [2.24, 2.45) is 0 Å². The van der Waals surface area contributed by atoms with Crippen LogP contribution in [0.25, 0.3) is 22.8 Å². The number of nitro benzene ring substituents is 1. The van der Waals surface area contributed by atoms with Gasteiger partial charge >= 0.3 is 0 Å². The van der Waals surface area contributed by atoms with Crippen LogP contribution < -0.4 is 5.32 Å². The Bertz CT molecular complexity index is 1330. The molecule has 0 fully saturated rings. The molecule has 8 nitrogen and oxygen atoms in total. The molecule has 1 amide bonds. The minimum atomic E-state index is -0.491. The maximum atomic E-state index is 13.1. The number of halogens is 1. The first-order chi connectivity index (χ1) is 14.9. The summed E-state index contributed by atoms with van der Waals surface area (Å²) >= 11 is 0. The van der Waals surface area contributed by atoms with E-state index in [1.54, 1.807) is 36.4 Å². The summed E-state index contributed by atoms with van der Waals surface area (Å²) in [6.45, 7) is 1.83. The summed E-state index contributed by atoms with van der Waals surface area (Å²) in [7, 11) is 0. The zero-order valence-electron chi connectivity index (χ0n) is 16.3. The van der Waals surface area contributed by atoms with Crippen molar-refractivity contribution < 1.29 is 14.1 Å². The molecule has 31 heavy (non-hydrogen) atoms. The lowest BCUT2D eigenvalue weighted by molar-refractivity contribution is -0.384. The van der Waals surface area contributed by atoms with Crippen molar-refractivity contribution in [3.63, 3.8) is 0 Å². The molecule has 0 saturated heterocycles. The van der Waals surface area contributed by atoms with E-state index < -0.39 is 4.92 Å². The topological polar surface area (TPSA) is 103 Å². The summed E-state index contributed by atoms with van der Waals surface area (Å²) in [6, 6.07) is 15.3. The number of fused-ring (bicyclic) bond motifs is 1. The number of carbonyl (C=O) groups is 1. The van der Waals surface area contributed by atoms with Crippen LogP contribution in [0, 0.1) is 22.9 Å². The number of hydrogen-bond acceptors (Lipinski definition) is 5. The summed E-state index contributed by atoms with van der Waals surface area (Å²) < 4.78 is 13.1. The summed E-state index contributed by atoms with van der Waals surface area (Å²) in [5, 5.41) is 22.4. The second-order valence-corrected chi connectivity index (χ2v) is 6.80. The zero-order chi connectivity index (χ0) is 22.0. The third-order valence-electron chi connectivity index (χ3n) is 4.55. The van der Waals surface area contributed by atoms with Gasteiger partial charge in [-0.15, -0.1) is 10.2 Å². The fourth-order valence-electron chi connectivity index (χ4n) is 2.98. The van der Waals surface area contributed by atoms with Gasteiger partial charge in [0.1, 0.15) is 16.9 Å². The summed E-state index contributed by atoms with van der Waals surface area (Å²) in [5.41, 5.74) is 3.65. The first-order valence-electron chi connectivity index (χ1n) is 9.26. The molecule has 0 aliphatic carbocycles. The molecule has 154 valence electrons. The van der Waals surface area contributed by atoms with Crippen LogP contribution in [0.5, 0.6) is 0 Å². The maximum Gasteiger partial charge on any atom is 0.270 e. The average Bonchev–Trinajstić information content (AvgIpc) is 3.16. The van der Waals surface area contributed by atoms with Crippen LogP contribution in [0.4, 0.5) is 15.8 Å². The number of nitro groups is 1. The van der Waals surface area contributed by atoms with Gasteiger partial charge in [0.05, 0.1) is 10.6 Å². The van der Waals surface area contributed by atoms with Crippen LogP contribution in [0.1, 0.15) is 11.1 Å². The molecule has 0 unspecified atom stereocenters. The second-order valence-electron chi connectivity index (χ2n) is 6.80. The molecule has 1 heterocycles. The average molecular weight is 417 g/mol. The predicted octanol–water partition coefficient (Wildman–Crippen LogP) is 4.43. The van der Waals surface area contributed by atoms with Crippen molar-refractivity contribution >= 4 is 34.4 Å². The van der Waals surface area contributed by atoms with Crippen molar-refractivity contribution in [1.82, 2.24) is 15.0 Å². The summed E-state index contributed by atoms with van der Waals surface area (Å²) in [6.07, 6.45) is 2.80. The molecule has 0 spiro atoms. The van der Waals surface area contributed by atoms with Crippen LogP contribution in [0.15, 0.2) is 66.7 Å². The van der Waals surface area contributed by atoms with E-state index in [9.17, 15) is 19.3 Å². The molecule has 4 rings (SSSR count). The zero-order valence-corrected chi connectivity index (χ0v) is 16.3. The van der Waals surface area contributed by atoms with Gasteiger partial charge in [0.25, 0.3) is 5.69 Å². The van der Waals surface area contributed by atoms with Gasteiger partial charge in [0.15, 0.2) is 0 Å². The largest absolute Gasteiger partial charge is 0.322 e. The molecule has 1 aromatic heterocycles. The first-order valence-corrected chi connectivity index (χ1v) is 9.26. The lowest BCUT2D eigenvalue weighted by Crippen LogP contribution is -2.08. The van der Waals surface area contributed by atoms with E-state index in [2.05, 4.69) is 15.5 Å². The highest BCUT2D eigenvalue weighted by Gasteiger charge is 2.10. The van der Waals surface area contributed by atoms with E-state index in [1.165, 1.54) is 41.2 Å². The van der Waals surface area contributed by atoms with Crippen LogP contribution in [-0.4, -0.2) is 25.8 Å². The highest BCUT2D eigenvalue weighted by Crippen LogP contribution is 2.22. The Morgan fingerprint density at radius 3 is 2.52 bits per heavy atom. The van der Waals surface area contributed by atoms with Crippen molar-refractivity contribution in [3.05, 3.63) is 93.8 Å². The number of nitrogens with zero attached hydrogens (tertiary/aromatic N) is 4. The molecule has 0 aliphatic rings. The van der Waals surface area contributed by atoms with E-state index in [1.807, 2.05) is 6.92 Å². The van der Waals surface area contributed by atoms with Crippen LogP contribution in [0.3, 0.4) is 0 Å². The Morgan fingerprint density at radius 1 is 1.10 bits per heavy atom. The summed E-state index contributed by atoms with van der Waals surface area (Å²) in [4.78, 5) is 24.1. The molecule has 0 radical (unpaired) electrons. The van der Waals surface area contributed by atoms with Gasteiger partial charge < -0.3 is 5.32 Å². The maximum absolute atomic E-state index is 13.1. The summed E-state index contributed by atoms with van der Waals surface area (Å²) in [5.74, 6) is -0.737. The molecule has 0 aliphatic heterocycles. The van der Waals surface area contributed by atoms with Gasteiger partial charge in [-0.1, -0.05) is 12.1 Å². The minimum Gasteiger partial charge on any atom is -0.322 e. The fourth-order valence-corrected chi connectivity index (χ4v) is 2.98. The standard InChI is InChI=1S/C22H16FN5O3/c1-14-11-20-21(26-27(25-20)17-8-6-16(23)7-9-17)13-19(14)24-22(29)10-5-15-3-2-4-18(12-15)28(30)31/h2-13H,1H3,(H,24,29)/b10-5+. The quantitative estimate of drug-likeness (QED) is 0.294. The molecule has 0 atom stereocenters. The second kappa shape index (κ2) is 8.15. The highest BCUT2D eigenvalue weighted by molar-refractivity contribution is 6.03. The first kappa shape index (κ1) is 19.9. The lowest BCUT2D eigenvalue weighted by Gasteiger charge is -2.05. The van der Waals surface area contributed by atoms with Gasteiger partial charge in [-0.05, 0) is 60.5 Å². The molecule has 0 saturated carbocycles. The van der Waals surface area contributed by atoms with E-state index >= 15 is 0 Å². The molecular formula is C22H16FN5O3.